The molecule has 2 aromatic rings. The van der Waals surface area contributed by atoms with E-state index in [2.05, 4.69) is 5.32 Å². The molecule has 0 aliphatic heterocycles. The molecular formula is C15H19N3O2. The predicted octanol–water partition coefficient (Wildman–Crippen LogP) is 1.43. The van der Waals surface area contributed by atoms with Gasteiger partial charge in [-0.1, -0.05) is 18.2 Å². The zero-order valence-electron chi connectivity index (χ0n) is 12.2. The van der Waals surface area contributed by atoms with Gasteiger partial charge in [0, 0.05) is 38.3 Å². The van der Waals surface area contributed by atoms with Gasteiger partial charge in [-0.05, 0) is 13.0 Å². The molecule has 106 valence electrons. The minimum atomic E-state index is -0.388. The topological polar surface area (TPSA) is 54.3 Å². The van der Waals surface area contributed by atoms with Crippen molar-refractivity contribution in [3.05, 3.63) is 40.7 Å². The van der Waals surface area contributed by atoms with Gasteiger partial charge in [0.15, 0.2) is 0 Å². The standard InChI is InChI=1S/C15H19N3O2/c1-10(15(20)17(2)3)16-12-9-14(19)18(4)13-8-6-5-7-11(12)13/h5-10,16H,1-4H3. The molecule has 0 radical (unpaired) electrons. The molecular weight excluding hydrogens is 254 g/mol. The van der Waals surface area contributed by atoms with Gasteiger partial charge in [-0.3, -0.25) is 9.59 Å². The Bertz CT molecular complexity index is 704. The molecule has 5 nitrogen and oxygen atoms in total. The van der Waals surface area contributed by atoms with Crippen molar-refractivity contribution in [1.82, 2.24) is 9.47 Å². The highest BCUT2D eigenvalue weighted by Crippen LogP contribution is 2.21. The fraction of sp³-hybridized carbons (Fsp3) is 0.333. The van der Waals surface area contributed by atoms with Crippen LogP contribution in [0.2, 0.25) is 0 Å². The molecule has 0 spiro atoms. The average molecular weight is 273 g/mol. The molecule has 1 aromatic carbocycles. The lowest BCUT2D eigenvalue weighted by atomic mass is 10.1. The van der Waals surface area contributed by atoms with E-state index >= 15 is 0 Å². The highest BCUT2D eigenvalue weighted by atomic mass is 16.2. The smallest absolute Gasteiger partial charge is 0.252 e. The van der Waals surface area contributed by atoms with Crippen molar-refractivity contribution in [1.29, 1.82) is 0 Å². The van der Waals surface area contributed by atoms with Crippen molar-refractivity contribution in [3.63, 3.8) is 0 Å². The predicted molar refractivity (Wildman–Crippen MR) is 81.0 cm³/mol. The average Bonchev–Trinajstić information content (AvgIpc) is 2.43. The van der Waals surface area contributed by atoms with Crippen LogP contribution in [0.3, 0.4) is 0 Å². The van der Waals surface area contributed by atoms with E-state index in [9.17, 15) is 9.59 Å². The zero-order chi connectivity index (χ0) is 14.9. The number of carbonyl (C=O) groups excluding carboxylic acids is 1. The van der Waals surface area contributed by atoms with Crippen LogP contribution in [-0.2, 0) is 11.8 Å². The molecule has 1 unspecified atom stereocenters. The summed E-state index contributed by atoms with van der Waals surface area (Å²) in [6.07, 6.45) is 0. The van der Waals surface area contributed by atoms with Gasteiger partial charge in [0.1, 0.15) is 6.04 Å². The van der Waals surface area contributed by atoms with E-state index in [1.54, 1.807) is 32.6 Å². The Kier molecular flexibility index (Phi) is 3.79. The summed E-state index contributed by atoms with van der Waals surface area (Å²) in [6.45, 7) is 1.79. The number of nitrogens with zero attached hydrogens (tertiary/aromatic N) is 2. The third kappa shape index (κ3) is 2.52. The van der Waals surface area contributed by atoms with Crippen LogP contribution in [0.4, 0.5) is 5.69 Å². The van der Waals surface area contributed by atoms with Gasteiger partial charge in [0.2, 0.25) is 5.91 Å². The lowest BCUT2D eigenvalue weighted by Gasteiger charge is -2.20. The second kappa shape index (κ2) is 5.36. The maximum Gasteiger partial charge on any atom is 0.252 e. The first-order valence-electron chi connectivity index (χ1n) is 6.48. The van der Waals surface area contributed by atoms with E-state index in [0.717, 1.165) is 10.9 Å². The van der Waals surface area contributed by atoms with E-state index in [0.29, 0.717) is 5.69 Å². The van der Waals surface area contributed by atoms with Crippen molar-refractivity contribution >= 4 is 22.5 Å². The Balaban J connectivity index is 2.48. The Morgan fingerprint density at radius 1 is 1.30 bits per heavy atom. The molecule has 5 heteroatoms. The van der Waals surface area contributed by atoms with Crippen LogP contribution in [0, 0.1) is 0 Å². The summed E-state index contributed by atoms with van der Waals surface area (Å²) in [7, 11) is 5.16. The Labute approximate surface area is 117 Å². The number of hydrogen-bond acceptors (Lipinski definition) is 3. The first kappa shape index (κ1) is 14.1. The van der Waals surface area contributed by atoms with Gasteiger partial charge in [0.25, 0.3) is 5.56 Å². The summed E-state index contributed by atoms with van der Waals surface area (Å²) in [4.78, 5) is 25.4. The summed E-state index contributed by atoms with van der Waals surface area (Å²) in [5, 5.41) is 4.05. The van der Waals surface area contributed by atoms with Gasteiger partial charge in [-0.2, -0.15) is 0 Å². The number of nitrogens with one attached hydrogen (secondary N) is 1. The van der Waals surface area contributed by atoms with Crippen LogP contribution in [0.5, 0.6) is 0 Å². The summed E-state index contributed by atoms with van der Waals surface area (Å²) >= 11 is 0. The maximum absolute atomic E-state index is 12.0. The maximum atomic E-state index is 12.0. The van der Waals surface area contributed by atoms with Crippen LogP contribution in [0.25, 0.3) is 10.9 Å². The minimum absolute atomic E-state index is 0.0326. The van der Waals surface area contributed by atoms with E-state index in [1.807, 2.05) is 24.3 Å². The monoisotopic (exact) mass is 273 g/mol. The number of rotatable bonds is 3. The largest absolute Gasteiger partial charge is 0.373 e. The number of amides is 1. The molecule has 0 aliphatic rings. The normalized spacial score (nSPS) is 12.2. The number of pyridine rings is 1. The number of aryl methyl sites for hydroxylation is 1. The molecule has 20 heavy (non-hydrogen) atoms. The Hall–Kier alpha value is -2.30. The minimum Gasteiger partial charge on any atom is -0.373 e. The third-order valence-corrected chi connectivity index (χ3v) is 3.34. The van der Waals surface area contributed by atoms with Crippen molar-refractivity contribution in [3.8, 4) is 0 Å². The summed E-state index contributed by atoms with van der Waals surface area (Å²) < 4.78 is 1.60. The fourth-order valence-electron chi connectivity index (χ4n) is 2.21. The van der Waals surface area contributed by atoms with Crippen LogP contribution in [-0.4, -0.2) is 35.5 Å². The molecule has 0 bridgehead atoms. The molecule has 0 saturated heterocycles. The lowest BCUT2D eigenvalue weighted by molar-refractivity contribution is -0.129. The van der Waals surface area contributed by atoms with E-state index in [-0.39, 0.29) is 17.5 Å². The van der Waals surface area contributed by atoms with Gasteiger partial charge >= 0.3 is 0 Å². The molecule has 1 N–H and O–H groups in total. The molecule has 1 amide bonds. The number of carbonyl (C=O) groups is 1. The van der Waals surface area contributed by atoms with Gasteiger partial charge in [0.05, 0.1) is 5.52 Å². The van der Waals surface area contributed by atoms with Crippen LogP contribution < -0.4 is 10.9 Å². The fourth-order valence-corrected chi connectivity index (χ4v) is 2.21. The molecule has 0 aliphatic carbocycles. The van der Waals surface area contributed by atoms with Gasteiger partial charge < -0.3 is 14.8 Å². The highest BCUT2D eigenvalue weighted by Gasteiger charge is 2.16. The van der Waals surface area contributed by atoms with Gasteiger partial charge in [-0.25, -0.2) is 0 Å². The van der Waals surface area contributed by atoms with Crippen LogP contribution >= 0.6 is 0 Å². The molecule has 0 saturated carbocycles. The Morgan fingerprint density at radius 2 is 1.95 bits per heavy atom. The third-order valence-electron chi connectivity index (χ3n) is 3.34. The van der Waals surface area contributed by atoms with Crippen molar-refractivity contribution in [2.24, 2.45) is 7.05 Å². The number of benzene rings is 1. The number of likely N-dealkylation sites (N-methyl/N-ethyl adjacent to an activating group) is 1. The number of hydrogen-bond donors (Lipinski definition) is 1. The molecule has 0 fully saturated rings. The van der Waals surface area contributed by atoms with Crippen molar-refractivity contribution < 1.29 is 4.79 Å². The molecule has 1 atom stereocenters. The molecule has 2 rings (SSSR count). The van der Waals surface area contributed by atoms with E-state index < -0.39 is 0 Å². The summed E-state index contributed by atoms with van der Waals surface area (Å²) in [5.74, 6) is -0.0326. The van der Waals surface area contributed by atoms with Crippen LogP contribution in [0.15, 0.2) is 35.1 Å². The summed E-state index contributed by atoms with van der Waals surface area (Å²) in [6, 6.07) is 8.77. The van der Waals surface area contributed by atoms with E-state index in [1.165, 1.54) is 11.0 Å². The first-order chi connectivity index (χ1) is 9.41. The molecule has 1 heterocycles. The first-order valence-corrected chi connectivity index (χ1v) is 6.48. The number of aromatic nitrogens is 1. The van der Waals surface area contributed by atoms with Crippen molar-refractivity contribution in [2.75, 3.05) is 19.4 Å². The Morgan fingerprint density at radius 3 is 2.60 bits per heavy atom. The second-order valence-corrected chi connectivity index (χ2v) is 5.07. The highest BCUT2D eigenvalue weighted by molar-refractivity contribution is 5.93. The van der Waals surface area contributed by atoms with Crippen molar-refractivity contribution in [2.45, 2.75) is 13.0 Å². The van der Waals surface area contributed by atoms with Gasteiger partial charge in [-0.15, -0.1) is 0 Å². The van der Waals surface area contributed by atoms with Crippen LogP contribution in [0.1, 0.15) is 6.92 Å². The van der Waals surface area contributed by atoms with E-state index in [4.69, 9.17) is 0 Å². The summed E-state index contributed by atoms with van der Waals surface area (Å²) in [5.41, 5.74) is 1.43. The SMILES string of the molecule is CC(Nc1cc(=O)n(C)c2ccccc12)C(=O)N(C)C. The number of anilines is 1. The zero-order valence-corrected chi connectivity index (χ0v) is 12.2. The second-order valence-electron chi connectivity index (χ2n) is 5.07. The quantitative estimate of drug-likeness (QED) is 0.920. The number of para-hydroxylation sites is 1. The molecule has 1 aromatic heterocycles. The lowest BCUT2D eigenvalue weighted by Crippen LogP contribution is -2.37. The number of fused-ring (bicyclic) bond motifs is 1.